The van der Waals surface area contributed by atoms with E-state index in [9.17, 15) is 29.5 Å². The summed E-state index contributed by atoms with van der Waals surface area (Å²) in [6, 6.07) is 1.99. The van der Waals surface area contributed by atoms with E-state index in [2.05, 4.69) is 0 Å². The summed E-state index contributed by atoms with van der Waals surface area (Å²) in [5.74, 6) is -2.88. The number of amides is 1. The van der Waals surface area contributed by atoms with Crippen molar-refractivity contribution in [1.82, 2.24) is 4.90 Å². The highest BCUT2D eigenvalue weighted by atomic mass is 16.6. The molecule has 1 amide bonds. The van der Waals surface area contributed by atoms with E-state index in [1.807, 2.05) is 0 Å². The number of carboxylic acid groups (broad SMARTS) is 2. The van der Waals surface area contributed by atoms with E-state index in [-0.39, 0.29) is 61.6 Å². The highest BCUT2D eigenvalue weighted by Crippen LogP contribution is 2.38. The van der Waals surface area contributed by atoms with Crippen molar-refractivity contribution in [3.05, 3.63) is 23.3 Å². The Morgan fingerprint density at radius 1 is 1.28 bits per heavy atom. The summed E-state index contributed by atoms with van der Waals surface area (Å²) >= 11 is 0. The number of benzene rings is 1. The summed E-state index contributed by atoms with van der Waals surface area (Å²) in [6.45, 7) is -2.70. The molecule has 2 aliphatic heterocycles. The number of carbonyl (C=O) groups is 3. The van der Waals surface area contributed by atoms with Crippen LogP contribution in [0.4, 0.5) is 0 Å². The van der Waals surface area contributed by atoms with Gasteiger partial charge >= 0.3 is 18.7 Å². The summed E-state index contributed by atoms with van der Waals surface area (Å²) in [4.78, 5) is 35.9. The number of ether oxygens (including phenoxy) is 1. The lowest BCUT2D eigenvalue weighted by Gasteiger charge is -2.40. The van der Waals surface area contributed by atoms with Gasteiger partial charge in [0.1, 0.15) is 23.5 Å². The zero-order valence-electron chi connectivity index (χ0n) is 15.5. The highest BCUT2D eigenvalue weighted by molar-refractivity contribution is 6.59. The standard InChI is InChI=1S/C17H22BN2O9/c19-11(16(22)23)2-4-13(21)20-7-10(8-20)28-12-3-1-9-5-6-18(26,27)29-15(9)14(12)17(24)25/h1,3,10-11,26-27H,2,4-8,19H2,(H,22,23)(H,24,25)/q-1. The fourth-order valence-electron chi connectivity index (χ4n) is 3.29. The Labute approximate surface area is 165 Å². The van der Waals surface area contributed by atoms with Gasteiger partial charge in [0.15, 0.2) is 0 Å². The molecule has 29 heavy (non-hydrogen) atoms. The Kier molecular flexibility index (Phi) is 5.69. The second-order valence-electron chi connectivity index (χ2n) is 7.27. The van der Waals surface area contributed by atoms with Crippen molar-refractivity contribution in [1.29, 1.82) is 0 Å². The first-order chi connectivity index (χ1) is 13.6. The van der Waals surface area contributed by atoms with Gasteiger partial charge in [0, 0.05) is 6.42 Å². The summed E-state index contributed by atoms with van der Waals surface area (Å²) in [6.07, 6.45) is -0.215. The zero-order valence-corrected chi connectivity index (χ0v) is 15.5. The zero-order chi connectivity index (χ0) is 21.3. The number of nitrogens with zero attached hydrogens (tertiary/aromatic N) is 1. The maximum absolute atomic E-state index is 12.0. The molecule has 0 bridgehead atoms. The molecule has 1 aromatic rings. The Balaban J connectivity index is 1.63. The average molecular weight is 409 g/mol. The van der Waals surface area contributed by atoms with Gasteiger partial charge in [0.2, 0.25) is 5.91 Å². The van der Waals surface area contributed by atoms with Gasteiger partial charge in [0.05, 0.1) is 18.8 Å². The van der Waals surface area contributed by atoms with Gasteiger partial charge in [-0.05, 0) is 24.5 Å². The molecule has 1 atom stereocenters. The van der Waals surface area contributed by atoms with Gasteiger partial charge in [-0.15, -0.1) is 0 Å². The number of carboxylic acids is 2. The van der Waals surface area contributed by atoms with Crippen molar-refractivity contribution in [2.45, 2.75) is 37.7 Å². The molecule has 158 valence electrons. The van der Waals surface area contributed by atoms with Crippen LogP contribution in [-0.2, 0) is 16.0 Å². The first-order valence-electron chi connectivity index (χ1n) is 9.18. The number of nitrogens with two attached hydrogens (primary N) is 1. The predicted molar refractivity (Wildman–Crippen MR) is 98.6 cm³/mol. The van der Waals surface area contributed by atoms with Crippen molar-refractivity contribution in [3.63, 3.8) is 0 Å². The Morgan fingerprint density at radius 2 is 1.97 bits per heavy atom. The van der Waals surface area contributed by atoms with Gasteiger partial charge in [-0.25, -0.2) is 4.79 Å². The maximum atomic E-state index is 12.0. The minimum Gasteiger partial charge on any atom is -0.669 e. The number of aliphatic carboxylic acids is 1. The molecule has 0 saturated carbocycles. The molecule has 1 aromatic carbocycles. The molecule has 0 spiro atoms. The number of likely N-dealkylation sites (tertiary alicyclic amines) is 1. The number of carbonyl (C=O) groups excluding carboxylic acids is 1. The molecule has 1 fully saturated rings. The SMILES string of the molecule is NC(CCC(=O)N1CC(Oc2ccc3c(c2C(=O)O)O[B-](O)(O)CC3)C1)C(=O)O. The van der Waals surface area contributed by atoms with Crippen LogP contribution in [0.25, 0.3) is 0 Å². The van der Waals surface area contributed by atoms with Crippen molar-refractivity contribution in [3.8, 4) is 11.5 Å². The van der Waals surface area contributed by atoms with Crippen LogP contribution in [0.5, 0.6) is 11.5 Å². The molecular formula is C17H22BN2O9-. The Hall–Kier alpha value is -2.83. The third-order valence-electron chi connectivity index (χ3n) is 4.99. The second-order valence-corrected chi connectivity index (χ2v) is 7.27. The lowest BCUT2D eigenvalue weighted by Crippen LogP contribution is -2.56. The first-order valence-corrected chi connectivity index (χ1v) is 9.18. The van der Waals surface area contributed by atoms with Crippen molar-refractivity contribution in [2.24, 2.45) is 5.73 Å². The van der Waals surface area contributed by atoms with E-state index >= 15 is 0 Å². The largest absolute Gasteiger partial charge is 0.669 e. The van der Waals surface area contributed by atoms with Crippen LogP contribution in [0.1, 0.15) is 28.8 Å². The van der Waals surface area contributed by atoms with Gasteiger partial charge in [0.25, 0.3) is 0 Å². The summed E-state index contributed by atoms with van der Waals surface area (Å²) in [5, 5.41) is 37.8. The van der Waals surface area contributed by atoms with Crippen LogP contribution in [-0.4, -0.2) is 75.0 Å². The van der Waals surface area contributed by atoms with Gasteiger partial charge in [-0.2, -0.15) is 0 Å². The minimum atomic E-state index is -3.13. The highest BCUT2D eigenvalue weighted by Gasteiger charge is 2.36. The molecule has 2 heterocycles. The van der Waals surface area contributed by atoms with Crippen LogP contribution >= 0.6 is 0 Å². The van der Waals surface area contributed by atoms with E-state index in [0.29, 0.717) is 5.56 Å². The van der Waals surface area contributed by atoms with Gasteiger partial charge in [-0.3, -0.25) is 9.59 Å². The molecule has 0 aromatic heterocycles. The fraction of sp³-hybridized carbons (Fsp3) is 0.471. The third-order valence-corrected chi connectivity index (χ3v) is 4.99. The normalized spacial score (nSPS) is 18.8. The van der Waals surface area contributed by atoms with Crippen LogP contribution in [0, 0.1) is 0 Å². The van der Waals surface area contributed by atoms with Crippen molar-refractivity contribution >= 4 is 24.6 Å². The first kappa shape index (κ1) is 20.9. The second kappa shape index (κ2) is 7.89. The molecule has 11 nitrogen and oxygen atoms in total. The number of fused-ring (bicyclic) bond motifs is 1. The molecule has 6 N–H and O–H groups in total. The van der Waals surface area contributed by atoms with Crippen LogP contribution in [0.3, 0.4) is 0 Å². The van der Waals surface area contributed by atoms with Crippen LogP contribution in [0.15, 0.2) is 12.1 Å². The molecule has 3 rings (SSSR count). The molecular weight excluding hydrogens is 387 g/mol. The smallest absolute Gasteiger partial charge is 0.430 e. The fourth-order valence-corrected chi connectivity index (χ4v) is 3.29. The van der Waals surface area contributed by atoms with Gasteiger partial charge < -0.3 is 40.3 Å². The monoisotopic (exact) mass is 409 g/mol. The predicted octanol–water partition coefficient (Wildman–Crippen LogP) is -0.975. The van der Waals surface area contributed by atoms with E-state index in [4.69, 9.17) is 20.2 Å². The molecule has 12 heteroatoms. The molecule has 2 aliphatic rings. The van der Waals surface area contributed by atoms with E-state index in [1.165, 1.54) is 11.0 Å². The number of aryl methyl sites for hydroxylation is 1. The number of hydrogen-bond acceptors (Lipinski definition) is 8. The topological polar surface area (TPSA) is 180 Å². The average Bonchev–Trinajstić information content (AvgIpc) is 2.60. The Morgan fingerprint density at radius 3 is 2.59 bits per heavy atom. The third kappa shape index (κ3) is 4.61. The van der Waals surface area contributed by atoms with Crippen molar-refractivity contribution in [2.75, 3.05) is 13.1 Å². The van der Waals surface area contributed by atoms with Crippen LogP contribution in [0.2, 0.25) is 6.32 Å². The van der Waals surface area contributed by atoms with Crippen LogP contribution < -0.4 is 15.1 Å². The van der Waals surface area contributed by atoms with E-state index in [0.717, 1.165) is 0 Å². The molecule has 0 aliphatic carbocycles. The maximum Gasteiger partial charge on any atom is 0.430 e. The van der Waals surface area contributed by atoms with E-state index in [1.54, 1.807) is 6.07 Å². The molecule has 1 unspecified atom stereocenters. The van der Waals surface area contributed by atoms with Gasteiger partial charge in [-0.1, -0.05) is 12.4 Å². The Bertz CT molecular complexity index is 838. The molecule has 0 radical (unpaired) electrons. The number of rotatable bonds is 7. The lowest BCUT2D eigenvalue weighted by molar-refractivity contribution is -0.141. The quantitative estimate of drug-likeness (QED) is 0.352. The van der Waals surface area contributed by atoms with E-state index < -0.39 is 30.8 Å². The number of hydrogen-bond donors (Lipinski definition) is 5. The summed E-state index contributed by atoms with van der Waals surface area (Å²) in [5.41, 5.74) is 5.62. The minimum absolute atomic E-state index is 0.00903. The lowest BCUT2D eigenvalue weighted by atomic mass is 9.70. The number of aromatic carboxylic acids is 1. The molecule has 1 saturated heterocycles. The van der Waals surface area contributed by atoms with Crippen molar-refractivity contribution < 1.29 is 44.0 Å². The summed E-state index contributed by atoms with van der Waals surface area (Å²) < 4.78 is 10.8. The summed E-state index contributed by atoms with van der Waals surface area (Å²) in [7, 11) is 0.